The number of ether oxygens (including phenoxy) is 1. The summed E-state index contributed by atoms with van der Waals surface area (Å²) < 4.78 is 5.75. The Kier molecular flexibility index (Phi) is 4.14. The second-order valence-electron chi connectivity index (χ2n) is 4.38. The summed E-state index contributed by atoms with van der Waals surface area (Å²) in [5.74, 6) is 1.45. The summed E-state index contributed by atoms with van der Waals surface area (Å²) in [6.07, 6.45) is 3.35. The molecule has 0 spiro atoms. The molecular formula is C14H16N4O2. The van der Waals surface area contributed by atoms with E-state index < -0.39 is 0 Å². The quantitative estimate of drug-likeness (QED) is 0.383. The van der Waals surface area contributed by atoms with Crippen LogP contribution in [0.5, 0.6) is 5.75 Å². The van der Waals surface area contributed by atoms with Gasteiger partial charge >= 0.3 is 0 Å². The molecule has 2 aromatic rings. The van der Waals surface area contributed by atoms with Gasteiger partial charge in [0, 0.05) is 18.0 Å². The van der Waals surface area contributed by atoms with Crippen LogP contribution in [0.4, 0.5) is 0 Å². The maximum atomic E-state index is 8.71. The highest BCUT2D eigenvalue weighted by Gasteiger charge is 2.09. The third-order valence-corrected chi connectivity index (χ3v) is 2.83. The first kappa shape index (κ1) is 13.8. The van der Waals surface area contributed by atoms with E-state index in [9.17, 15) is 0 Å². The van der Waals surface area contributed by atoms with Gasteiger partial charge in [-0.2, -0.15) is 0 Å². The number of aryl methyl sites for hydroxylation is 2. The number of aromatic nitrogens is 2. The number of nitrogens with two attached hydrogens (primary N) is 1. The molecule has 2 rings (SSSR count). The Labute approximate surface area is 116 Å². The van der Waals surface area contributed by atoms with E-state index >= 15 is 0 Å². The number of rotatable bonds is 4. The van der Waals surface area contributed by atoms with Crippen LogP contribution in [0.1, 0.15) is 22.5 Å². The van der Waals surface area contributed by atoms with Crippen molar-refractivity contribution in [2.24, 2.45) is 10.9 Å². The Hall–Kier alpha value is -2.63. The van der Waals surface area contributed by atoms with Gasteiger partial charge in [0.1, 0.15) is 12.4 Å². The summed E-state index contributed by atoms with van der Waals surface area (Å²) in [7, 11) is 0. The van der Waals surface area contributed by atoms with Gasteiger partial charge in [0.2, 0.25) is 0 Å². The molecule has 0 atom stereocenters. The lowest BCUT2D eigenvalue weighted by Crippen LogP contribution is -2.14. The first-order valence-electron chi connectivity index (χ1n) is 6.09. The van der Waals surface area contributed by atoms with E-state index in [2.05, 4.69) is 15.1 Å². The minimum absolute atomic E-state index is 0.0779. The number of amidine groups is 1. The number of hydrogen-bond acceptors (Lipinski definition) is 5. The number of nitrogens with zero attached hydrogens (tertiary/aromatic N) is 3. The van der Waals surface area contributed by atoms with Crippen molar-refractivity contribution in [2.75, 3.05) is 0 Å². The third-order valence-electron chi connectivity index (χ3n) is 2.83. The van der Waals surface area contributed by atoms with Crippen LogP contribution in [0.3, 0.4) is 0 Å². The SMILES string of the molecule is Cc1cc(C(N)=NO)cc(C)c1OCc1ncccn1. The van der Waals surface area contributed by atoms with E-state index in [-0.39, 0.29) is 5.84 Å². The van der Waals surface area contributed by atoms with Crippen molar-refractivity contribution in [3.63, 3.8) is 0 Å². The van der Waals surface area contributed by atoms with E-state index in [0.29, 0.717) is 18.0 Å². The fourth-order valence-electron chi connectivity index (χ4n) is 1.92. The predicted molar refractivity (Wildman–Crippen MR) is 74.8 cm³/mol. The van der Waals surface area contributed by atoms with Gasteiger partial charge in [-0.3, -0.25) is 0 Å². The molecule has 0 bridgehead atoms. The largest absolute Gasteiger partial charge is 0.485 e. The first-order valence-corrected chi connectivity index (χ1v) is 6.09. The van der Waals surface area contributed by atoms with E-state index in [0.717, 1.165) is 16.9 Å². The van der Waals surface area contributed by atoms with Crippen molar-refractivity contribution in [2.45, 2.75) is 20.5 Å². The molecule has 0 aliphatic carbocycles. The molecule has 0 radical (unpaired) electrons. The van der Waals surface area contributed by atoms with Gasteiger partial charge in [-0.1, -0.05) is 5.16 Å². The molecule has 20 heavy (non-hydrogen) atoms. The minimum Gasteiger partial charge on any atom is -0.485 e. The molecular weight excluding hydrogens is 256 g/mol. The zero-order valence-electron chi connectivity index (χ0n) is 11.4. The minimum atomic E-state index is 0.0779. The van der Waals surface area contributed by atoms with Crippen molar-refractivity contribution in [1.29, 1.82) is 0 Å². The van der Waals surface area contributed by atoms with Crippen LogP contribution in [-0.2, 0) is 6.61 Å². The van der Waals surface area contributed by atoms with Crippen LogP contribution >= 0.6 is 0 Å². The smallest absolute Gasteiger partial charge is 0.170 e. The first-order chi connectivity index (χ1) is 9.61. The Morgan fingerprint density at radius 1 is 1.25 bits per heavy atom. The summed E-state index contributed by atoms with van der Waals surface area (Å²) >= 11 is 0. The zero-order chi connectivity index (χ0) is 14.5. The molecule has 3 N–H and O–H groups in total. The Bertz CT molecular complexity index is 603. The molecule has 0 saturated carbocycles. The fraction of sp³-hybridized carbons (Fsp3) is 0.214. The summed E-state index contributed by atoms with van der Waals surface area (Å²) in [6, 6.07) is 5.37. The maximum Gasteiger partial charge on any atom is 0.170 e. The molecule has 104 valence electrons. The molecule has 0 saturated heterocycles. The summed E-state index contributed by atoms with van der Waals surface area (Å²) in [5, 5.41) is 11.7. The second kappa shape index (κ2) is 6.01. The highest BCUT2D eigenvalue weighted by Crippen LogP contribution is 2.25. The van der Waals surface area contributed by atoms with Gasteiger partial charge < -0.3 is 15.7 Å². The van der Waals surface area contributed by atoms with Crippen molar-refractivity contribution in [1.82, 2.24) is 9.97 Å². The fourth-order valence-corrected chi connectivity index (χ4v) is 1.92. The van der Waals surface area contributed by atoms with E-state index in [1.807, 2.05) is 26.0 Å². The lowest BCUT2D eigenvalue weighted by Gasteiger charge is -2.13. The highest BCUT2D eigenvalue weighted by atomic mass is 16.5. The molecule has 1 heterocycles. The van der Waals surface area contributed by atoms with Crippen LogP contribution in [-0.4, -0.2) is 21.0 Å². The van der Waals surface area contributed by atoms with Crippen molar-refractivity contribution < 1.29 is 9.94 Å². The van der Waals surface area contributed by atoms with Crippen LogP contribution in [0.15, 0.2) is 35.7 Å². The normalized spacial score (nSPS) is 11.4. The maximum absolute atomic E-state index is 8.71. The molecule has 0 fully saturated rings. The number of benzene rings is 1. The highest BCUT2D eigenvalue weighted by molar-refractivity contribution is 5.97. The Morgan fingerprint density at radius 3 is 2.40 bits per heavy atom. The van der Waals surface area contributed by atoms with Crippen molar-refractivity contribution in [3.05, 3.63) is 53.1 Å². The van der Waals surface area contributed by atoms with Crippen LogP contribution in [0.2, 0.25) is 0 Å². The van der Waals surface area contributed by atoms with Gasteiger partial charge in [-0.15, -0.1) is 0 Å². The van der Waals surface area contributed by atoms with Gasteiger partial charge in [-0.25, -0.2) is 9.97 Å². The van der Waals surface area contributed by atoms with Gasteiger partial charge in [-0.05, 0) is 43.2 Å². The predicted octanol–water partition coefficient (Wildman–Crippen LogP) is 1.77. The van der Waals surface area contributed by atoms with Crippen LogP contribution < -0.4 is 10.5 Å². The summed E-state index contributed by atoms with van der Waals surface area (Å²) in [5.41, 5.74) is 8.05. The second-order valence-corrected chi connectivity index (χ2v) is 4.38. The molecule has 6 nitrogen and oxygen atoms in total. The van der Waals surface area contributed by atoms with E-state index in [1.165, 1.54) is 0 Å². The van der Waals surface area contributed by atoms with Gasteiger partial charge in [0.25, 0.3) is 0 Å². The lowest BCUT2D eigenvalue weighted by molar-refractivity contribution is 0.291. The van der Waals surface area contributed by atoms with Crippen molar-refractivity contribution >= 4 is 5.84 Å². The van der Waals surface area contributed by atoms with Crippen molar-refractivity contribution in [3.8, 4) is 5.75 Å². The zero-order valence-corrected chi connectivity index (χ0v) is 11.4. The molecule has 0 aliphatic rings. The standard InChI is InChI=1S/C14H16N4O2/c1-9-6-11(14(15)18-19)7-10(2)13(9)20-8-12-16-4-3-5-17-12/h3-7,19H,8H2,1-2H3,(H2,15,18). The van der Waals surface area contributed by atoms with Gasteiger partial charge in [0.05, 0.1) is 0 Å². The van der Waals surface area contributed by atoms with Crippen LogP contribution in [0, 0.1) is 13.8 Å². The lowest BCUT2D eigenvalue weighted by atomic mass is 10.1. The molecule has 1 aromatic carbocycles. The monoisotopic (exact) mass is 272 g/mol. The molecule has 1 aromatic heterocycles. The average molecular weight is 272 g/mol. The van der Waals surface area contributed by atoms with E-state index in [1.54, 1.807) is 18.5 Å². The topological polar surface area (TPSA) is 93.6 Å². The Morgan fingerprint density at radius 2 is 1.85 bits per heavy atom. The average Bonchev–Trinajstić information content (AvgIpc) is 2.46. The third kappa shape index (κ3) is 3.03. The van der Waals surface area contributed by atoms with Gasteiger partial charge in [0.15, 0.2) is 11.7 Å². The summed E-state index contributed by atoms with van der Waals surface area (Å²) in [4.78, 5) is 8.21. The molecule has 6 heteroatoms. The molecule has 0 aliphatic heterocycles. The molecule has 0 unspecified atom stereocenters. The van der Waals surface area contributed by atoms with Crippen LogP contribution in [0.25, 0.3) is 0 Å². The Balaban J connectivity index is 2.21. The number of hydrogen-bond donors (Lipinski definition) is 2. The summed E-state index contributed by atoms with van der Waals surface area (Å²) in [6.45, 7) is 4.11. The van der Waals surface area contributed by atoms with E-state index in [4.69, 9.17) is 15.7 Å². The molecule has 0 amide bonds. The number of oxime groups is 1.